The fourth-order valence-electron chi connectivity index (χ4n) is 2.54. The maximum atomic E-state index is 12.4. The Bertz CT molecular complexity index is 711. The van der Waals surface area contributed by atoms with Crippen LogP contribution < -0.4 is 15.0 Å². The number of hydrogen-bond donors (Lipinski definition) is 1. The topological polar surface area (TPSA) is 41.6 Å². The van der Waals surface area contributed by atoms with Crippen molar-refractivity contribution >= 4 is 17.3 Å². The quantitative estimate of drug-likeness (QED) is 0.915. The van der Waals surface area contributed by atoms with E-state index in [0.717, 1.165) is 16.8 Å². The maximum absolute atomic E-state index is 12.4. The van der Waals surface area contributed by atoms with E-state index in [1.807, 2.05) is 44.0 Å². The second kappa shape index (κ2) is 7.18. The lowest BCUT2D eigenvalue weighted by molar-refractivity contribution is -0.114. The summed E-state index contributed by atoms with van der Waals surface area (Å²) in [5.74, 6) is 0.593. The first-order chi connectivity index (χ1) is 10.9. The third-order valence-electron chi connectivity index (χ3n) is 3.79. The molecule has 122 valence electrons. The third-order valence-corrected chi connectivity index (χ3v) is 3.79. The Morgan fingerprint density at radius 1 is 1.09 bits per heavy atom. The first-order valence-electron chi connectivity index (χ1n) is 7.63. The summed E-state index contributed by atoms with van der Waals surface area (Å²) in [7, 11) is 3.53. The van der Waals surface area contributed by atoms with Gasteiger partial charge in [0.05, 0.1) is 19.3 Å². The van der Waals surface area contributed by atoms with Gasteiger partial charge in [-0.1, -0.05) is 18.2 Å². The average molecular weight is 312 g/mol. The number of nitrogens with one attached hydrogen (secondary N) is 1. The molecule has 0 saturated carbocycles. The molecule has 0 radical (unpaired) electrons. The molecule has 0 aliphatic heterocycles. The number of carbonyl (C=O) groups excluding carboxylic acids is 1. The van der Waals surface area contributed by atoms with Crippen molar-refractivity contribution in [3.8, 4) is 5.75 Å². The van der Waals surface area contributed by atoms with Crippen molar-refractivity contribution in [3.05, 3.63) is 53.1 Å². The van der Waals surface area contributed by atoms with E-state index in [2.05, 4.69) is 30.4 Å². The van der Waals surface area contributed by atoms with Crippen LogP contribution in [0.25, 0.3) is 0 Å². The Balaban J connectivity index is 2.10. The summed E-state index contributed by atoms with van der Waals surface area (Å²) < 4.78 is 5.30. The van der Waals surface area contributed by atoms with Gasteiger partial charge in [-0.3, -0.25) is 4.79 Å². The molecule has 2 aromatic rings. The molecule has 0 heterocycles. The zero-order valence-corrected chi connectivity index (χ0v) is 14.4. The standard InChI is InChI=1S/C19H24N2O2/c1-13-7-9-18(23-5)16(10-13)20-19(22)12-21(4)17-11-14(2)6-8-15(17)3/h6-11H,12H2,1-5H3,(H,20,22). The van der Waals surface area contributed by atoms with E-state index in [9.17, 15) is 4.79 Å². The van der Waals surface area contributed by atoms with E-state index < -0.39 is 0 Å². The summed E-state index contributed by atoms with van der Waals surface area (Å²) in [5, 5.41) is 2.93. The van der Waals surface area contributed by atoms with Crippen LogP contribution in [-0.2, 0) is 4.79 Å². The maximum Gasteiger partial charge on any atom is 0.243 e. The molecule has 0 unspecified atom stereocenters. The van der Waals surface area contributed by atoms with Gasteiger partial charge >= 0.3 is 0 Å². The van der Waals surface area contributed by atoms with Crippen LogP contribution in [0.1, 0.15) is 16.7 Å². The predicted octanol–water partition coefficient (Wildman–Crippen LogP) is 3.70. The van der Waals surface area contributed by atoms with Crippen LogP contribution in [0.5, 0.6) is 5.75 Å². The van der Waals surface area contributed by atoms with Crippen LogP contribution in [0.3, 0.4) is 0 Å². The molecule has 23 heavy (non-hydrogen) atoms. The number of aryl methyl sites for hydroxylation is 3. The minimum atomic E-state index is -0.0719. The smallest absolute Gasteiger partial charge is 0.243 e. The average Bonchev–Trinajstić information content (AvgIpc) is 2.49. The van der Waals surface area contributed by atoms with Gasteiger partial charge in [-0.05, 0) is 55.7 Å². The lowest BCUT2D eigenvalue weighted by Gasteiger charge is -2.22. The largest absolute Gasteiger partial charge is 0.495 e. The number of benzene rings is 2. The van der Waals surface area contributed by atoms with E-state index in [-0.39, 0.29) is 12.5 Å². The second-order valence-corrected chi connectivity index (χ2v) is 5.90. The SMILES string of the molecule is COc1ccc(C)cc1NC(=O)CN(C)c1cc(C)ccc1C. The van der Waals surface area contributed by atoms with Gasteiger partial charge in [0.2, 0.25) is 5.91 Å². The molecule has 4 heteroatoms. The van der Waals surface area contributed by atoms with Gasteiger partial charge in [-0.2, -0.15) is 0 Å². The first kappa shape index (κ1) is 16.9. The third kappa shape index (κ3) is 4.25. The minimum absolute atomic E-state index is 0.0719. The first-order valence-corrected chi connectivity index (χ1v) is 7.63. The minimum Gasteiger partial charge on any atom is -0.495 e. The lowest BCUT2D eigenvalue weighted by Crippen LogP contribution is -2.30. The van der Waals surface area contributed by atoms with Crippen LogP contribution >= 0.6 is 0 Å². The number of likely N-dealkylation sites (N-methyl/N-ethyl adjacent to an activating group) is 1. The predicted molar refractivity (Wildman–Crippen MR) is 95.5 cm³/mol. The van der Waals surface area contributed by atoms with Crippen LogP contribution in [0.2, 0.25) is 0 Å². The highest BCUT2D eigenvalue weighted by molar-refractivity contribution is 5.95. The molecule has 4 nitrogen and oxygen atoms in total. The van der Waals surface area contributed by atoms with E-state index in [1.54, 1.807) is 7.11 Å². The molecular formula is C19H24N2O2. The summed E-state index contributed by atoms with van der Waals surface area (Å²) in [6.07, 6.45) is 0. The van der Waals surface area contributed by atoms with Crippen LogP contribution in [0.4, 0.5) is 11.4 Å². The summed E-state index contributed by atoms with van der Waals surface area (Å²) in [6, 6.07) is 12.0. The van der Waals surface area contributed by atoms with Crippen LogP contribution in [-0.4, -0.2) is 26.6 Å². The highest BCUT2D eigenvalue weighted by Crippen LogP contribution is 2.25. The van der Waals surface area contributed by atoms with Gasteiger partial charge < -0.3 is 15.0 Å². The molecule has 0 bridgehead atoms. The monoisotopic (exact) mass is 312 g/mol. The molecule has 2 rings (SSSR count). The molecule has 0 spiro atoms. The zero-order valence-electron chi connectivity index (χ0n) is 14.4. The number of rotatable bonds is 5. The molecule has 0 atom stereocenters. The van der Waals surface area contributed by atoms with E-state index in [1.165, 1.54) is 5.56 Å². The van der Waals surface area contributed by atoms with Gasteiger partial charge in [-0.15, -0.1) is 0 Å². The Kier molecular flexibility index (Phi) is 5.27. The second-order valence-electron chi connectivity index (χ2n) is 5.90. The van der Waals surface area contributed by atoms with Gasteiger partial charge in [-0.25, -0.2) is 0 Å². The summed E-state index contributed by atoms with van der Waals surface area (Å²) in [6.45, 7) is 6.36. The highest BCUT2D eigenvalue weighted by atomic mass is 16.5. The lowest BCUT2D eigenvalue weighted by atomic mass is 10.1. The van der Waals surface area contributed by atoms with Gasteiger partial charge in [0.15, 0.2) is 0 Å². The number of methoxy groups -OCH3 is 1. The summed E-state index contributed by atoms with van der Waals surface area (Å²) >= 11 is 0. The van der Waals surface area contributed by atoms with Crippen molar-refractivity contribution in [1.29, 1.82) is 0 Å². The Morgan fingerprint density at radius 3 is 2.43 bits per heavy atom. The molecule has 0 fully saturated rings. The molecular weight excluding hydrogens is 288 g/mol. The van der Waals surface area contributed by atoms with Crippen molar-refractivity contribution in [3.63, 3.8) is 0 Å². The Hall–Kier alpha value is -2.49. The molecule has 1 amide bonds. The van der Waals surface area contributed by atoms with Gasteiger partial charge in [0.1, 0.15) is 5.75 Å². The van der Waals surface area contributed by atoms with Crippen molar-refractivity contribution in [2.24, 2.45) is 0 Å². The van der Waals surface area contributed by atoms with Crippen molar-refractivity contribution < 1.29 is 9.53 Å². The molecule has 1 N–H and O–H groups in total. The molecule has 0 aliphatic carbocycles. The van der Waals surface area contributed by atoms with Crippen molar-refractivity contribution in [2.75, 3.05) is 30.9 Å². The van der Waals surface area contributed by atoms with Gasteiger partial charge in [0, 0.05) is 12.7 Å². The van der Waals surface area contributed by atoms with E-state index in [0.29, 0.717) is 11.4 Å². The van der Waals surface area contributed by atoms with E-state index in [4.69, 9.17) is 4.74 Å². The Labute approximate surface area is 138 Å². The molecule has 0 saturated heterocycles. The zero-order chi connectivity index (χ0) is 17.0. The number of hydrogen-bond acceptors (Lipinski definition) is 3. The van der Waals surface area contributed by atoms with E-state index >= 15 is 0 Å². The number of nitrogens with zero attached hydrogens (tertiary/aromatic N) is 1. The number of ether oxygens (including phenoxy) is 1. The highest BCUT2D eigenvalue weighted by Gasteiger charge is 2.12. The molecule has 0 aromatic heterocycles. The van der Waals surface area contributed by atoms with Crippen molar-refractivity contribution in [1.82, 2.24) is 0 Å². The number of anilines is 2. The summed E-state index contributed by atoms with van der Waals surface area (Å²) in [5.41, 5.74) is 5.17. The molecule has 2 aromatic carbocycles. The number of carbonyl (C=O) groups is 1. The van der Waals surface area contributed by atoms with Crippen LogP contribution in [0, 0.1) is 20.8 Å². The van der Waals surface area contributed by atoms with Crippen LogP contribution in [0.15, 0.2) is 36.4 Å². The number of amides is 1. The fraction of sp³-hybridized carbons (Fsp3) is 0.316. The van der Waals surface area contributed by atoms with Crippen molar-refractivity contribution in [2.45, 2.75) is 20.8 Å². The normalized spacial score (nSPS) is 10.3. The summed E-state index contributed by atoms with van der Waals surface area (Å²) in [4.78, 5) is 14.3. The molecule has 0 aliphatic rings. The Morgan fingerprint density at radius 2 is 1.74 bits per heavy atom. The van der Waals surface area contributed by atoms with Gasteiger partial charge in [0.25, 0.3) is 0 Å². The fourth-order valence-corrected chi connectivity index (χ4v) is 2.54.